The first-order valence-corrected chi connectivity index (χ1v) is 15.2. The van der Waals surface area contributed by atoms with Crippen molar-refractivity contribution in [2.24, 2.45) is 5.92 Å². The Balaban J connectivity index is 1.34. The van der Waals surface area contributed by atoms with Crippen molar-refractivity contribution in [1.29, 1.82) is 0 Å². The predicted molar refractivity (Wildman–Crippen MR) is 144 cm³/mol. The number of rotatable bonds is 7. The maximum Gasteiger partial charge on any atom is 0.410 e. The van der Waals surface area contributed by atoms with Crippen LogP contribution in [0.4, 0.5) is 9.18 Å². The lowest BCUT2D eigenvalue weighted by Gasteiger charge is -2.42. The van der Waals surface area contributed by atoms with Crippen LogP contribution in [-0.4, -0.2) is 73.5 Å². The van der Waals surface area contributed by atoms with E-state index >= 15 is 0 Å². The molecular weight excluding hydrogens is 529 g/mol. The van der Waals surface area contributed by atoms with Crippen LogP contribution in [0.1, 0.15) is 50.6 Å². The third-order valence-electron chi connectivity index (χ3n) is 7.85. The van der Waals surface area contributed by atoms with Crippen LogP contribution in [0.25, 0.3) is 0 Å². The second-order valence-corrected chi connectivity index (χ2v) is 13.0. The number of carbonyl (C=O) groups excluding carboxylic acids is 1. The van der Waals surface area contributed by atoms with Crippen molar-refractivity contribution in [3.05, 3.63) is 64.9 Å². The van der Waals surface area contributed by atoms with Gasteiger partial charge in [0.2, 0.25) is 10.0 Å². The first-order valence-electron chi connectivity index (χ1n) is 13.4. The van der Waals surface area contributed by atoms with E-state index in [2.05, 4.69) is 4.90 Å². The highest BCUT2D eigenvalue weighted by Gasteiger charge is 2.42. The van der Waals surface area contributed by atoms with E-state index in [1.807, 2.05) is 6.92 Å². The van der Waals surface area contributed by atoms with E-state index < -0.39 is 34.0 Å². The molecule has 3 fully saturated rings. The number of hydrogen-bond donors (Lipinski definition) is 0. The first-order chi connectivity index (χ1) is 18.2. The van der Waals surface area contributed by atoms with Crippen molar-refractivity contribution in [2.75, 3.05) is 32.8 Å². The summed E-state index contributed by atoms with van der Waals surface area (Å²) < 4.78 is 49.3. The Morgan fingerprint density at radius 2 is 1.87 bits per heavy atom. The third-order valence-corrected chi connectivity index (χ3v) is 10.0. The topological polar surface area (TPSA) is 70.2 Å². The minimum atomic E-state index is -4.03. The molecule has 7 nitrogen and oxygen atoms in total. The molecule has 1 aliphatic carbocycles. The lowest BCUT2D eigenvalue weighted by molar-refractivity contribution is 0.0318. The van der Waals surface area contributed by atoms with Crippen LogP contribution in [0.2, 0.25) is 5.02 Å². The van der Waals surface area contributed by atoms with Gasteiger partial charge in [0, 0.05) is 37.2 Å². The van der Waals surface area contributed by atoms with E-state index in [1.165, 1.54) is 41.4 Å². The summed E-state index contributed by atoms with van der Waals surface area (Å²) in [4.78, 5) is 17.3. The van der Waals surface area contributed by atoms with Gasteiger partial charge in [-0.1, -0.05) is 29.8 Å². The van der Waals surface area contributed by atoms with Gasteiger partial charge in [0.15, 0.2) is 0 Å². The molecule has 206 valence electrons. The molecule has 0 spiro atoms. The van der Waals surface area contributed by atoms with Crippen molar-refractivity contribution in [3.63, 3.8) is 0 Å². The molecule has 1 saturated carbocycles. The Hall–Kier alpha value is -2.20. The van der Waals surface area contributed by atoms with Gasteiger partial charge in [0.1, 0.15) is 12.4 Å². The number of sulfonamides is 1. The number of hydrogen-bond acceptors (Lipinski definition) is 5. The minimum absolute atomic E-state index is 0.0210. The van der Waals surface area contributed by atoms with Gasteiger partial charge in [0.25, 0.3) is 0 Å². The normalized spacial score (nSPS) is 25.3. The van der Waals surface area contributed by atoms with Crippen LogP contribution in [-0.2, 0) is 14.8 Å². The molecule has 2 saturated heterocycles. The lowest BCUT2D eigenvalue weighted by Crippen LogP contribution is -2.55. The number of ether oxygens (including phenoxy) is 1. The second-order valence-electron chi connectivity index (χ2n) is 10.8. The average Bonchev–Trinajstić information content (AvgIpc) is 3.71. The Bertz CT molecular complexity index is 1260. The molecule has 10 heteroatoms. The van der Waals surface area contributed by atoms with Crippen LogP contribution < -0.4 is 0 Å². The molecule has 2 aliphatic heterocycles. The fraction of sp³-hybridized carbons (Fsp3) is 0.536. The molecule has 5 rings (SSSR count). The van der Waals surface area contributed by atoms with Crippen LogP contribution in [0.5, 0.6) is 0 Å². The molecular formula is C28H35ClFN3O4S. The van der Waals surface area contributed by atoms with Crippen LogP contribution in [0.3, 0.4) is 0 Å². The van der Waals surface area contributed by atoms with Crippen molar-refractivity contribution in [1.82, 2.24) is 14.1 Å². The highest BCUT2D eigenvalue weighted by molar-refractivity contribution is 7.89. The number of benzene rings is 2. The molecule has 2 heterocycles. The second kappa shape index (κ2) is 11.5. The Morgan fingerprint density at radius 3 is 2.58 bits per heavy atom. The minimum Gasteiger partial charge on any atom is -0.448 e. The molecule has 0 unspecified atom stereocenters. The highest BCUT2D eigenvalue weighted by Crippen LogP contribution is 2.39. The number of amides is 1. The molecule has 38 heavy (non-hydrogen) atoms. The summed E-state index contributed by atoms with van der Waals surface area (Å²) in [5.74, 6) is 0.372. The van der Waals surface area contributed by atoms with Crippen molar-refractivity contribution < 1.29 is 22.3 Å². The summed E-state index contributed by atoms with van der Waals surface area (Å²) in [6, 6.07) is 11.0. The van der Waals surface area contributed by atoms with E-state index in [0.29, 0.717) is 30.0 Å². The van der Waals surface area contributed by atoms with Gasteiger partial charge >= 0.3 is 6.09 Å². The van der Waals surface area contributed by atoms with Gasteiger partial charge in [-0.3, -0.25) is 4.90 Å². The van der Waals surface area contributed by atoms with E-state index in [-0.39, 0.29) is 17.5 Å². The summed E-state index contributed by atoms with van der Waals surface area (Å²) in [7, 11) is -4.03. The predicted octanol–water partition coefficient (Wildman–Crippen LogP) is 5.32. The van der Waals surface area contributed by atoms with Crippen LogP contribution in [0, 0.1) is 11.7 Å². The Labute approximate surface area is 229 Å². The summed E-state index contributed by atoms with van der Waals surface area (Å²) in [5, 5.41) is 0.309. The smallest absolute Gasteiger partial charge is 0.410 e. The molecule has 2 aromatic rings. The van der Waals surface area contributed by atoms with Gasteiger partial charge in [-0.25, -0.2) is 17.6 Å². The highest BCUT2D eigenvalue weighted by atomic mass is 35.5. The molecule has 2 aromatic carbocycles. The standard InChI is InChI=1S/C28H35ClFN3O4S/c1-20-17-31(18-21-11-12-21)13-14-32(20)28(34)37-19-25-8-4-10-27(22-5-2-7-24(30)15-22)33(25)38(35,36)26-9-3-6-23(29)16-26/h2-3,5-7,9,15-16,20-21,25,27H,4,8,10-14,17-19H2,1H3/t20-,25+,27-/m0/s1. The number of piperidine rings is 1. The SMILES string of the molecule is C[C@H]1CN(CC2CC2)CCN1C(=O)OC[C@H]1CCC[C@@H](c2cccc(F)c2)N1S(=O)(=O)c1cccc(Cl)c1. The zero-order valence-electron chi connectivity index (χ0n) is 21.6. The van der Waals surface area contributed by atoms with Gasteiger partial charge in [0.05, 0.1) is 17.0 Å². The Morgan fingerprint density at radius 1 is 1.08 bits per heavy atom. The third kappa shape index (κ3) is 6.17. The maximum absolute atomic E-state index is 14.2. The van der Waals surface area contributed by atoms with E-state index in [1.54, 1.807) is 29.2 Å². The lowest BCUT2D eigenvalue weighted by atomic mass is 9.93. The summed E-state index contributed by atoms with van der Waals surface area (Å²) in [5.41, 5.74) is 0.576. The van der Waals surface area contributed by atoms with Crippen molar-refractivity contribution in [2.45, 2.75) is 62.0 Å². The molecule has 0 bridgehead atoms. The van der Waals surface area contributed by atoms with Crippen LogP contribution in [0.15, 0.2) is 53.4 Å². The van der Waals surface area contributed by atoms with E-state index in [0.717, 1.165) is 32.0 Å². The first kappa shape index (κ1) is 27.4. The molecule has 1 amide bonds. The molecule has 0 aromatic heterocycles. The van der Waals surface area contributed by atoms with Gasteiger partial charge < -0.3 is 9.64 Å². The zero-order valence-corrected chi connectivity index (χ0v) is 23.2. The molecule has 3 atom stereocenters. The summed E-state index contributed by atoms with van der Waals surface area (Å²) in [6.45, 7) is 5.26. The number of piperazine rings is 1. The van der Waals surface area contributed by atoms with Crippen molar-refractivity contribution in [3.8, 4) is 0 Å². The largest absolute Gasteiger partial charge is 0.448 e. The number of halogens is 2. The molecule has 3 aliphatic rings. The number of carbonyl (C=O) groups is 1. The molecule has 0 radical (unpaired) electrons. The number of nitrogens with zero attached hydrogens (tertiary/aromatic N) is 3. The Kier molecular flexibility index (Phi) is 8.28. The van der Waals surface area contributed by atoms with Crippen molar-refractivity contribution >= 4 is 27.7 Å². The van der Waals surface area contributed by atoms with Gasteiger partial charge in [-0.15, -0.1) is 0 Å². The summed E-state index contributed by atoms with van der Waals surface area (Å²) >= 11 is 6.13. The monoisotopic (exact) mass is 563 g/mol. The quantitative estimate of drug-likeness (QED) is 0.456. The average molecular weight is 564 g/mol. The van der Waals surface area contributed by atoms with Gasteiger partial charge in [-0.05, 0) is 80.8 Å². The van der Waals surface area contributed by atoms with Gasteiger partial charge in [-0.2, -0.15) is 4.31 Å². The van der Waals surface area contributed by atoms with E-state index in [9.17, 15) is 17.6 Å². The summed E-state index contributed by atoms with van der Waals surface area (Å²) in [6.07, 6.45) is 3.96. The fourth-order valence-electron chi connectivity index (χ4n) is 5.74. The van der Waals surface area contributed by atoms with Crippen LogP contribution >= 0.6 is 11.6 Å². The maximum atomic E-state index is 14.2. The van der Waals surface area contributed by atoms with E-state index in [4.69, 9.17) is 16.3 Å². The molecule has 0 N–H and O–H groups in total. The fourth-order valence-corrected chi connectivity index (χ4v) is 7.88. The zero-order chi connectivity index (χ0) is 26.9.